The maximum absolute atomic E-state index is 10.7. The normalized spacial score (nSPS) is 15.2. The number of benzene rings is 1. The lowest BCUT2D eigenvalue weighted by Crippen LogP contribution is -2.21. The molecule has 0 aromatic heterocycles. The Morgan fingerprint density at radius 3 is 2.42 bits per heavy atom. The van der Waals surface area contributed by atoms with Crippen molar-refractivity contribution in [3.05, 3.63) is 35.9 Å². The molecule has 64 valence electrons. The van der Waals surface area contributed by atoms with Gasteiger partial charge in [-0.2, -0.15) is 0 Å². The van der Waals surface area contributed by atoms with Crippen LogP contribution in [0.1, 0.15) is 5.56 Å². The maximum Gasteiger partial charge on any atom is 0.199 e. The molecule has 12 heavy (non-hydrogen) atoms. The summed E-state index contributed by atoms with van der Waals surface area (Å²) in [6, 6.07) is 9.40. The van der Waals surface area contributed by atoms with Crippen molar-refractivity contribution < 1.29 is 9.53 Å². The molecule has 0 saturated heterocycles. The minimum Gasteiger partial charge on any atom is -0.357 e. The topological polar surface area (TPSA) is 26.3 Å². The van der Waals surface area contributed by atoms with E-state index < -0.39 is 3.61 Å². The number of hydrogen-bond acceptors (Lipinski definition) is 2. The number of carbonyl (C=O) groups is 1. The zero-order chi connectivity index (χ0) is 9.03. The third-order valence-electron chi connectivity index (χ3n) is 1.62. The van der Waals surface area contributed by atoms with E-state index in [4.69, 9.17) is 4.74 Å². The largest absolute Gasteiger partial charge is 0.357 e. The van der Waals surface area contributed by atoms with Gasteiger partial charge >= 0.3 is 0 Å². The molecule has 0 aliphatic rings. The van der Waals surface area contributed by atoms with Crippen LogP contribution in [-0.4, -0.2) is 13.4 Å². The molecular formula is C9H9IO2. The second-order valence-electron chi connectivity index (χ2n) is 2.33. The SMILES string of the molecule is COC(I)(C=O)c1ccccc1. The zero-order valence-corrected chi connectivity index (χ0v) is 8.82. The van der Waals surface area contributed by atoms with Crippen LogP contribution < -0.4 is 0 Å². The van der Waals surface area contributed by atoms with Gasteiger partial charge in [-0.1, -0.05) is 30.3 Å². The van der Waals surface area contributed by atoms with Gasteiger partial charge in [0.2, 0.25) is 0 Å². The van der Waals surface area contributed by atoms with Gasteiger partial charge in [-0.05, 0) is 22.6 Å². The quantitative estimate of drug-likeness (QED) is 0.480. The van der Waals surface area contributed by atoms with E-state index in [0.717, 1.165) is 11.8 Å². The highest BCUT2D eigenvalue weighted by molar-refractivity contribution is 14.1. The molecule has 1 rings (SSSR count). The first-order valence-electron chi connectivity index (χ1n) is 3.49. The smallest absolute Gasteiger partial charge is 0.199 e. The Morgan fingerprint density at radius 1 is 1.42 bits per heavy atom. The third kappa shape index (κ3) is 1.84. The first-order chi connectivity index (χ1) is 5.73. The number of methoxy groups -OCH3 is 1. The molecule has 0 bridgehead atoms. The van der Waals surface area contributed by atoms with Crippen LogP contribution in [0.15, 0.2) is 30.3 Å². The van der Waals surface area contributed by atoms with Crippen molar-refractivity contribution in [1.29, 1.82) is 0 Å². The molecule has 0 spiro atoms. The fraction of sp³-hybridized carbons (Fsp3) is 0.222. The third-order valence-corrected chi connectivity index (χ3v) is 2.93. The number of rotatable bonds is 3. The van der Waals surface area contributed by atoms with Crippen LogP contribution in [0.25, 0.3) is 0 Å². The molecule has 0 saturated carbocycles. The predicted octanol–water partition coefficient (Wildman–Crippen LogP) is 2.12. The van der Waals surface area contributed by atoms with E-state index in [9.17, 15) is 4.79 Å². The van der Waals surface area contributed by atoms with Gasteiger partial charge in [0, 0.05) is 12.7 Å². The average molecular weight is 276 g/mol. The van der Waals surface area contributed by atoms with Crippen LogP contribution in [0.5, 0.6) is 0 Å². The summed E-state index contributed by atoms with van der Waals surface area (Å²) in [5, 5.41) is 0. The first kappa shape index (κ1) is 9.67. The van der Waals surface area contributed by atoms with Gasteiger partial charge in [-0.25, -0.2) is 0 Å². The molecule has 1 atom stereocenters. The number of ether oxygens (including phenoxy) is 1. The van der Waals surface area contributed by atoms with Gasteiger partial charge in [0.15, 0.2) is 9.89 Å². The van der Waals surface area contributed by atoms with Crippen molar-refractivity contribution >= 4 is 28.9 Å². The van der Waals surface area contributed by atoms with Crippen LogP contribution >= 0.6 is 22.6 Å². The number of aldehydes is 1. The lowest BCUT2D eigenvalue weighted by atomic mass is 10.1. The molecule has 0 radical (unpaired) electrons. The summed E-state index contributed by atoms with van der Waals surface area (Å²) in [5.74, 6) is 0. The fourth-order valence-corrected chi connectivity index (χ4v) is 1.26. The highest BCUT2D eigenvalue weighted by Gasteiger charge is 2.26. The molecule has 0 N–H and O–H groups in total. The molecule has 0 aliphatic heterocycles. The number of alkyl halides is 1. The maximum atomic E-state index is 10.7. The first-order valence-corrected chi connectivity index (χ1v) is 4.57. The Morgan fingerprint density at radius 2 is 2.00 bits per heavy atom. The Balaban J connectivity index is 3.03. The van der Waals surface area contributed by atoms with Crippen LogP contribution in [0.2, 0.25) is 0 Å². The molecule has 1 aromatic rings. The van der Waals surface area contributed by atoms with Gasteiger partial charge in [0.25, 0.3) is 0 Å². The van der Waals surface area contributed by atoms with Crippen molar-refractivity contribution in [2.75, 3.05) is 7.11 Å². The van der Waals surface area contributed by atoms with Crippen molar-refractivity contribution in [2.24, 2.45) is 0 Å². The minimum atomic E-state index is -0.834. The number of hydrogen-bond donors (Lipinski definition) is 0. The average Bonchev–Trinajstić information content (AvgIpc) is 2.18. The van der Waals surface area contributed by atoms with E-state index in [1.165, 1.54) is 7.11 Å². The second-order valence-corrected chi connectivity index (χ2v) is 3.94. The molecule has 1 aromatic carbocycles. The van der Waals surface area contributed by atoms with Gasteiger partial charge in [0.1, 0.15) is 0 Å². The van der Waals surface area contributed by atoms with Gasteiger partial charge < -0.3 is 4.74 Å². The van der Waals surface area contributed by atoms with Crippen LogP contribution in [0.3, 0.4) is 0 Å². The van der Waals surface area contributed by atoms with Gasteiger partial charge in [0.05, 0.1) is 0 Å². The lowest BCUT2D eigenvalue weighted by molar-refractivity contribution is -0.118. The molecule has 1 unspecified atom stereocenters. The second kappa shape index (κ2) is 4.00. The fourth-order valence-electron chi connectivity index (χ4n) is 0.899. The van der Waals surface area contributed by atoms with E-state index in [0.29, 0.717) is 0 Å². The molecule has 0 aliphatic carbocycles. The Hall–Kier alpha value is -0.420. The van der Waals surface area contributed by atoms with Crippen molar-refractivity contribution in [3.63, 3.8) is 0 Å². The summed E-state index contributed by atoms with van der Waals surface area (Å²) in [7, 11) is 1.52. The number of halogens is 1. The molecule has 0 heterocycles. The van der Waals surface area contributed by atoms with E-state index in [2.05, 4.69) is 0 Å². The molecule has 3 heteroatoms. The molecular weight excluding hydrogens is 267 g/mol. The van der Waals surface area contributed by atoms with Crippen molar-refractivity contribution in [3.8, 4) is 0 Å². The van der Waals surface area contributed by atoms with E-state index in [-0.39, 0.29) is 0 Å². The van der Waals surface area contributed by atoms with Crippen LogP contribution in [0.4, 0.5) is 0 Å². The highest BCUT2D eigenvalue weighted by atomic mass is 127. The Kier molecular flexibility index (Phi) is 3.22. The van der Waals surface area contributed by atoms with Crippen LogP contribution in [0, 0.1) is 0 Å². The standard InChI is InChI=1S/C9H9IO2/c1-12-9(10,7-11)8-5-3-2-4-6-8/h2-7H,1H3. The van der Waals surface area contributed by atoms with Crippen molar-refractivity contribution in [1.82, 2.24) is 0 Å². The van der Waals surface area contributed by atoms with E-state index in [1.807, 2.05) is 52.9 Å². The van der Waals surface area contributed by atoms with Gasteiger partial charge in [-0.15, -0.1) is 0 Å². The molecule has 0 amide bonds. The summed E-state index contributed by atoms with van der Waals surface area (Å²) in [6.45, 7) is 0. The predicted molar refractivity (Wildman–Crippen MR) is 55.2 cm³/mol. The summed E-state index contributed by atoms with van der Waals surface area (Å²) in [5.41, 5.74) is 0.864. The Labute approximate surface area is 85.1 Å². The summed E-state index contributed by atoms with van der Waals surface area (Å²) >= 11 is 1.98. The van der Waals surface area contributed by atoms with E-state index >= 15 is 0 Å². The zero-order valence-electron chi connectivity index (χ0n) is 6.66. The lowest BCUT2D eigenvalue weighted by Gasteiger charge is -2.18. The summed E-state index contributed by atoms with van der Waals surface area (Å²) in [4.78, 5) is 10.7. The summed E-state index contributed by atoms with van der Waals surface area (Å²) < 4.78 is 4.26. The number of carbonyl (C=O) groups excluding carboxylic acids is 1. The molecule has 2 nitrogen and oxygen atoms in total. The highest BCUT2D eigenvalue weighted by Crippen LogP contribution is 2.29. The monoisotopic (exact) mass is 276 g/mol. The summed E-state index contributed by atoms with van der Waals surface area (Å²) in [6.07, 6.45) is 0.795. The van der Waals surface area contributed by atoms with E-state index in [1.54, 1.807) is 0 Å². The van der Waals surface area contributed by atoms with Crippen molar-refractivity contribution in [2.45, 2.75) is 3.61 Å². The van der Waals surface area contributed by atoms with Gasteiger partial charge in [-0.3, -0.25) is 4.79 Å². The van der Waals surface area contributed by atoms with Crippen LogP contribution in [-0.2, 0) is 13.1 Å². The molecule has 0 fully saturated rings. The Bertz CT molecular complexity index is 260. The minimum absolute atomic E-state index is 0.795.